The van der Waals surface area contributed by atoms with E-state index in [0.717, 1.165) is 10.2 Å². The van der Waals surface area contributed by atoms with Crippen molar-refractivity contribution in [3.63, 3.8) is 0 Å². The Morgan fingerprint density at radius 3 is 2.60 bits per heavy atom. The summed E-state index contributed by atoms with van der Waals surface area (Å²) >= 11 is 3.39. The Hall–Kier alpha value is -2.85. The van der Waals surface area contributed by atoms with E-state index in [2.05, 4.69) is 35.2 Å². The van der Waals surface area contributed by atoms with Crippen LogP contribution in [0, 0.1) is 0 Å². The number of hydrogen-bond donors (Lipinski definition) is 0. The van der Waals surface area contributed by atoms with Gasteiger partial charge in [0.1, 0.15) is 17.5 Å². The zero-order valence-electron chi connectivity index (χ0n) is 12.4. The highest BCUT2D eigenvalue weighted by Crippen LogP contribution is 2.29. The van der Waals surface area contributed by atoms with Crippen LogP contribution in [0.3, 0.4) is 0 Å². The average molecular weight is 418 g/mol. The Morgan fingerprint density at radius 2 is 1.92 bits per heavy atom. The molecule has 1 aromatic carbocycles. The van der Waals surface area contributed by atoms with Crippen LogP contribution in [-0.4, -0.2) is 27.9 Å². The van der Waals surface area contributed by atoms with Crippen molar-refractivity contribution in [3.8, 4) is 17.1 Å². The third-order valence-corrected chi connectivity index (χ3v) is 4.24. The molecule has 124 valence electrons. The highest BCUT2D eigenvalue weighted by Gasteiger charge is 2.17. The summed E-state index contributed by atoms with van der Waals surface area (Å²) in [5.41, 5.74) is 2.08. The number of fused-ring (bicyclic) bond motifs is 1. The van der Waals surface area contributed by atoms with Crippen molar-refractivity contribution in [1.82, 2.24) is 19.5 Å². The molecule has 4 rings (SSSR count). The number of imidazole rings is 1. The Labute approximate surface area is 151 Å². The van der Waals surface area contributed by atoms with Gasteiger partial charge in [-0.15, -0.1) is 0 Å². The molecule has 3 aromatic heterocycles. The molecule has 0 amide bonds. The summed E-state index contributed by atoms with van der Waals surface area (Å²) in [4.78, 5) is 12.7. The van der Waals surface area contributed by atoms with E-state index in [1.807, 2.05) is 24.3 Å². The Balaban J connectivity index is 2.03. The molecule has 0 bridgehead atoms. The summed E-state index contributed by atoms with van der Waals surface area (Å²) in [5.74, 6) is 0.257. The molecule has 25 heavy (non-hydrogen) atoms. The van der Waals surface area contributed by atoms with Gasteiger partial charge in [0.05, 0.1) is 6.26 Å². The summed E-state index contributed by atoms with van der Waals surface area (Å²) in [7, 11) is -2.67. The van der Waals surface area contributed by atoms with Gasteiger partial charge in [-0.1, -0.05) is 20.3 Å². The minimum atomic E-state index is -2.67. The monoisotopic (exact) mass is 417 g/mol. The van der Waals surface area contributed by atoms with Crippen LogP contribution in [0.25, 0.3) is 28.3 Å². The quantitative estimate of drug-likeness (QED) is 0.504. The fourth-order valence-electron chi connectivity index (χ4n) is 2.37. The average Bonchev–Trinajstić information content (AvgIpc) is 3.24. The lowest BCUT2D eigenvalue weighted by molar-refractivity contribution is 0.580. The van der Waals surface area contributed by atoms with Crippen molar-refractivity contribution in [3.05, 3.63) is 53.5 Å². The highest BCUT2D eigenvalue weighted by molar-refractivity contribution is 9.10. The standard InChI is InChI=1S/C15H8BrN5O3S/c16-9-3-5-10(6-4-9)21-8-17-13-12(11-2-1-7-24-11)18-15(19-14(13)21)20-25(22)23/h1-8H. The molecule has 0 atom stereocenters. The van der Waals surface area contributed by atoms with E-state index in [9.17, 15) is 8.42 Å². The first-order chi connectivity index (χ1) is 12.1. The Morgan fingerprint density at radius 1 is 1.12 bits per heavy atom. The lowest BCUT2D eigenvalue weighted by Gasteiger charge is -2.05. The maximum absolute atomic E-state index is 10.9. The smallest absolute Gasteiger partial charge is 0.319 e. The van der Waals surface area contributed by atoms with E-state index in [0.29, 0.717) is 22.6 Å². The van der Waals surface area contributed by atoms with Gasteiger partial charge in [-0.2, -0.15) is 13.4 Å². The fourth-order valence-corrected chi connectivity index (χ4v) is 2.85. The first-order valence-corrected chi connectivity index (χ1v) is 8.80. The number of benzene rings is 1. The molecule has 0 spiro atoms. The molecular weight excluding hydrogens is 410 g/mol. The molecule has 0 saturated heterocycles. The van der Waals surface area contributed by atoms with Crippen LogP contribution in [0.2, 0.25) is 0 Å². The molecule has 0 unspecified atom stereocenters. The topological polar surface area (TPSA) is 103 Å². The van der Waals surface area contributed by atoms with Crippen molar-refractivity contribution in [2.24, 2.45) is 4.36 Å². The largest absolute Gasteiger partial charge is 0.463 e. The number of aromatic nitrogens is 4. The molecule has 4 aromatic rings. The van der Waals surface area contributed by atoms with E-state index in [1.54, 1.807) is 23.0 Å². The van der Waals surface area contributed by atoms with Crippen LogP contribution in [0.4, 0.5) is 5.95 Å². The molecule has 0 radical (unpaired) electrons. The van der Waals surface area contributed by atoms with Crippen LogP contribution < -0.4 is 0 Å². The minimum absolute atomic E-state index is 0.189. The summed E-state index contributed by atoms with van der Waals surface area (Å²) in [6.45, 7) is 0. The molecule has 0 aliphatic heterocycles. The van der Waals surface area contributed by atoms with E-state index in [4.69, 9.17) is 4.42 Å². The molecule has 0 saturated carbocycles. The Bertz CT molecular complexity index is 1190. The lowest BCUT2D eigenvalue weighted by atomic mass is 10.3. The van der Waals surface area contributed by atoms with Gasteiger partial charge in [-0.05, 0) is 36.4 Å². The second-order valence-electron chi connectivity index (χ2n) is 4.92. The lowest BCUT2D eigenvalue weighted by Crippen LogP contribution is -1.96. The third-order valence-electron chi connectivity index (χ3n) is 3.40. The maximum Gasteiger partial charge on any atom is 0.319 e. The number of rotatable bonds is 3. The minimum Gasteiger partial charge on any atom is -0.463 e. The van der Waals surface area contributed by atoms with Crippen molar-refractivity contribution in [2.45, 2.75) is 0 Å². The zero-order valence-corrected chi connectivity index (χ0v) is 14.8. The molecule has 10 heteroatoms. The van der Waals surface area contributed by atoms with Gasteiger partial charge in [-0.3, -0.25) is 4.57 Å². The highest BCUT2D eigenvalue weighted by atomic mass is 79.9. The van der Waals surface area contributed by atoms with Gasteiger partial charge in [0.15, 0.2) is 11.4 Å². The normalized spacial score (nSPS) is 10.9. The second kappa shape index (κ2) is 6.22. The summed E-state index contributed by atoms with van der Waals surface area (Å²) in [6, 6.07) is 10.9. The second-order valence-corrected chi connectivity index (χ2v) is 6.45. The van der Waals surface area contributed by atoms with Crippen LogP contribution >= 0.6 is 15.9 Å². The summed E-state index contributed by atoms with van der Waals surface area (Å²) < 4.78 is 33.3. The first-order valence-electron chi connectivity index (χ1n) is 6.98. The van der Waals surface area contributed by atoms with Crippen molar-refractivity contribution in [1.29, 1.82) is 0 Å². The summed E-state index contributed by atoms with van der Waals surface area (Å²) in [6.07, 6.45) is 3.09. The SMILES string of the molecule is O=S(=O)=Nc1nc(-c2ccco2)c2ncn(-c3ccc(Br)cc3)c2n1. The maximum atomic E-state index is 10.9. The van der Waals surface area contributed by atoms with Crippen LogP contribution in [0.1, 0.15) is 0 Å². The van der Waals surface area contributed by atoms with E-state index in [1.165, 1.54) is 6.26 Å². The molecule has 3 heterocycles. The summed E-state index contributed by atoms with van der Waals surface area (Å²) in [5, 5.41) is 0. The van der Waals surface area contributed by atoms with Crippen LogP contribution in [0.15, 0.2) is 62.2 Å². The first kappa shape index (κ1) is 15.7. The third kappa shape index (κ3) is 2.96. The van der Waals surface area contributed by atoms with E-state index in [-0.39, 0.29) is 5.95 Å². The van der Waals surface area contributed by atoms with Gasteiger partial charge in [0.25, 0.3) is 5.95 Å². The van der Waals surface area contributed by atoms with Crippen LogP contribution in [0.5, 0.6) is 0 Å². The zero-order chi connectivity index (χ0) is 17.4. The van der Waals surface area contributed by atoms with Gasteiger partial charge in [0, 0.05) is 10.2 Å². The van der Waals surface area contributed by atoms with Gasteiger partial charge >= 0.3 is 10.5 Å². The fraction of sp³-hybridized carbons (Fsp3) is 0. The predicted octanol–water partition coefficient (Wildman–Crippen LogP) is 3.53. The molecule has 0 N–H and O–H groups in total. The van der Waals surface area contributed by atoms with Crippen molar-refractivity contribution >= 4 is 43.5 Å². The predicted molar refractivity (Wildman–Crippen MR) is 93.1 cm³/mol. The van der Waals surface area contributed by atoms with E-state index < -0.39 is 10.5 Å². The molecule has 0 aliphatic rings. The number of hydrogen-bond acceptors (Lipinski definition) is 7. The van der Waals surface area contributed by atoms with E-state index >= 15 is 0 Å². The molecular formula is C15H8BrN5O3S. The van der Waals surface area contributed by atoms with Crippen LogP contribution in [-0.2, 0) is 10.5 Å². The molecule has 0 fully saturated rings. The number of nitrogens with zero attached hydrogens (tertiary/aromatic N) is 5. The van der Waals surface area contributed by atoms with Gasteiger partial charge in [0.2, 0.25) is 0 Å². The van der Waals surface area contributed by atoms with Gasteiger partial charge < -0.3 is 4.42 Å². The van der Waals surface area contributed by atoms with Gasteiger partial charge in [-0.25, -0.2) is 9.97 Å². The Kier molecular flexibility index (Phi) is 3.90. The number of halogens is 1. The van der Waals surface area contributed by atoms with Crippen molar-refractivity contribution in [2.75, 3.05) is 0 Å². The molecule has 8 nitrogen and oxygen atoms in total. The van der Waals surface area contributed by atoms with Crippen molar-refractivity contribution < 1.29 is 12.8 Å². The molecule has 0 aliphatic carbocycles. The number of furan rings is 1.